The van der Waals surface area contributed by atoms with Gasteiger partial charge in [-0.15, -0.1) is 0 Å². The molecule has 2 aromatic carbocycles. The summed E-state index contributed by atoms with van der Waals surface area (Å²) in [7, 11) is 0. The molecule has 0 aromatic heterocycles. The number of amides is 1. The lowest BCUT2D eigenvalue weighted by atomic mass is 9.97. The molecule has 3 N–H and O–H groups in total. The zero-order valence-electron chi connectivity index (χ0n) is 15.9. The van der Waals surface area contributed by atoms with Crippen LogP contribution in [0, 0.1) is 11.7 Å². The number of phenols is 1. The van der Waals surface area contributed by atoms with Gasteiger partial charge in [-0.05, 0) is 47.4 Å². The van der Waals surface area contributed by atoms with Gasteiger partial charge in [0.1, 0.15) is 11.6 Å². The molecule has 0 radical (unpaired) electrons. The van der Waals surface area contributed by atoms with E-state index in [0.29, 0.717) is 16.2 Å². The molecule has 0 bridgehead atoms. The summed E-state index contributed by atoms with van der Waals surface area (Å²) in [5.74, 6) is -0.474. The van der Waals surface area contributed by atoms with Crippen molar-refractivity contribution in [3.05, 3.63) is 70.5 Å². The number of hydrogen-bond donors (Lipinski definition) is 2. The van der Waals surface area contributed by atoms with Gasteiger partial charge in [0.05, 0.1) is 12.1 Å². The first-order valence-electron chi connectivity index (χ1n) is 9.33. The summed E-state index contributed by atoms with van der Waals surface area (Å²) in [5, 5.41) is 10.3. The summed E-state index contributed by atoms with van der Waals surface area (Å²) >= 11 is 6.05. The Bertz CT molecular complexity index is 915. The largest absolute Gasteiger partial charge is 0.508 e. The molecule has 148 valence electrons. The first-order valence-corrected chi connectivity index (χ1v) is 9.70. The van der Waals surface area contributed by atoms with Gasteiger partial charge >= 0.3 is 0 Å². The number of aromatic hydroxyl groups is 1. The van der Waals surface area contributed by atoms with E-state index in [0.717, 1.165) is 12.0 Å². The van der Waals surface area contributed by atoms with E-state index in [4.69, 9.17) is 17.3 Å². The maximum atomic E-state index is 14.4. The van der Waals surface area contributed by atoms with Crippen molar-refractivity contribution < 1.29 is 14.3 Å². The maximum absolute atomic E-state index is 14.4. The van der Waals surface area contributed by atoms with Crippen LogP contribution in [0.2, 0.25) is 5.02 Å². The first-order chi connectivity index (χ1) is 13.3. The minimum atomic E-state index is -0.651. The van der Waals surface area contributed by atoms with Gasteiger partial charge in [-0.3, -0.25) is 4.79 Å². The second-order valence-corrected chi connectivity index (χ2v) is 7.67. The van der Waals surface area contributed by atoms with Crippen LogP contribution in [0.25, 0.3) is 5.57 Å². The molecule has 1 aliphatic heterocycles. The summed E-state index contributed by atoms with van der Waals surface area (Å²) in [5.41, 5.74) is 7.97. The Morgan fingerprint density at radius 2 is 2.11 bits per heavy atom. The molecule has 1 heterocycles. The fourth-order valence-corrected chi connectivity index (χ4v) is 3.59. The number of phenolic OH excluding ortho intramolecular Hbond substituents is 1. The van der Waals surface area contributed by atoms with Crippen LogP contribution in [-0.2, 0) is 4.79 Å². The van der Waals surface area contributed by atoms with Crippen molar-refractivity contribution in [3.63, 3.8) is 0 Å². The number of carbonyl (C=O) groups is 1. The fraction of sp³-hybridized carbons (Fsp3) is 0.318. The standard InChI is InChI=1S/C22H24ClFN2O2/c1-3-13(2)21(25)22(28)26-12-15(18-11-16(23)7-8-19(18)24)10-20(26)14-5-4-6-17(27)9-14/h4-11,13,20-21,27H,3,12,25H2,1-2H3/t13-,20?,21-/m0/s1. The topological polar surface area (TPSA) is 66.6 Å². The second kappa shape index (κ2) is 8.33. The molecule has 0 spiro atoms. The van der Waals surface area contributed by atoms with Crippen LogP contribution < -0.4 is 5.73 Å². The lowest BCUT2D eigenvalue weighted by Gasteiger charge is -2.30. The van der Waals surface area contributed by atoms with Crippen LogP contribution in [0.3, 0.4) is 0 Å². The Labute approximate surface area is 169 Å². The smallest absolute Gasteiger partial charge is 0.240 e. The van der Waals surface area contributed by atoms with Gasteiger partial charge in [-0.25, -0.2) is 4.39 Å². The molecule has 28 heavy (non-hydrogen) atoms. The van der Waals surface area contributed by atoms with Crippen LogP contribution in [-0.4, -0.2) is 28.5 Å². The third kappa shape index (κ3) is 4.05. The predicted octanol–water partition coefficient (Wildman–Crippen LogP) is 4.53. The summed E-state index contributed by atoms with van der Waals surface area (Å²) in [6.45, 7) is 4.15. The zero-order chi connectivity index (χ0) is 20.4. The Kier molecular flexibility index (Phi) is 6.06. The van der Waals surface area contributed by atoms with E-state index < -0.39 is 17.9 Å². The van der Waals surface area contributed by atoms with Gasteiger partial charge in [0.15, 0.2) is 0 Å². The van der Waals surface area contributed by atoms with Gasteiger partial charge in [0.2, 0.25) is 5.91 Å². The van der Waals surface area contributed by atoms with Crippen LogP contribution in [0.15, 0.2) is 48.5 Å². The molecule has 0 aliphatic carbocycles. The average Bonchev–Trinajstić information content (AvgIpc) is 3.13. The number of carbonyl (C=O) groups excluding carboxylic acids is 1. The molecule has 2 aromatic rings. The molecule has 1 aliphatic rings. The van der Waals surface area contributed by atoms with E-state index in [2.05, 4.69) is 0 Å². The molecule has 0 saturated carbocycles. The maximum Gasteiger partial charge on any atom is 0.240 e. The Hall–Kier alpha value is -2.37. The summed E-state index contributed by atoms with van der Waals surface area (Å²) in [4.78, 5) is 14.8. The molecule has 1 unspecified atom stereocenters. The van der Waals surface area contributed by atoms with Crippen LogP contribution in [0.4, 0.5) is 4.39 Å². The number of hydrogen-bond acceptors (Lipinski definition) is 3. The van der Waals surface area contributed by atoms with Crippen molar-refractivity contribution in [3.8, 4) is 5.75 Å². The minimum absolute atomic E-state index is 0.0179. The van der Waals surface area contributed by atoms with E-state index in [1.54, 1.807) is 29.2 Å². The average molecular weight is 403 g/mol. The Morgan fingerprint density at radius 3 is 2.79 bits per heavy atom. The van der Waals surface area contributed by atoms with Gasteiger partial charge in [-0.2, -0.15) is 0 Å². The van der Waals surface area contributed by atoms with E-state index in [9.17, 15) is 14.3 Å². The van der Waals surface area contributed by atoms with Crippen molar-refractivity contribution in [1.82, 2.24) is 4.90 Å². The Morgan fingerprint density at radius 1 is 1.36 bits per heavy atom. The van der Waals surface area contributed by atoms with Gasteiger partial charge < -0.3 is 15.7 Å². The van der Waals surface area contributed by atoms with Crippen LogP contribution in [0.1, 0.15) is 37.4 Å². The number of nitrogens with zero attached hydrogens (tertiary/aromatic N) is 1. The van der Waals surface area contributed by atoms with Gasteiger partial charge in [-0.1, -0.05) is 50.1 Å². The highest BCUT2D eigenvalue weighted by molar-refractivity contribution is 6.30. The van der Waals surface area contributed by atoms with Crippen LogP contribution in [0.5, 0.6) is 5.75 Å². The van der Waals surface area contributed by atoms with Crippen LogP contribution >= 0.6 is 11.6 Å². The minimum Gasteiger partial charge on any atom is -0.508 e. The fourth-order valence-electron chi connectivity index (χ4n) is 3.42. The molecule has 3 atom stereocenters. The molecule has 3 rings (SSSR count). The highest BCUT2D eigenvalue weighted by Crippen LogP contribution is 2.37. The van der Waals surface area contributed by atoms with E-state index in [1.807, 2.05) is 26.0 Å². The number of halogens is 2. The molecule has 0 fully saturated rings. The quantitative estimate of drug-likeness (QED) is 0.772. The Balaban J connectivity index is 2.02. The SMILES string of the molecule is CC[C@H](C)[C@H](N)C(=O)N1CC(c2cc(Cl)ccc2F)=CC1c1cccc(O)c1. The predicted molar refractivity (Wildman–Crippen MR) is 109 cm³/mol. The summed E-state index contributed by atoms with van der Waals surface area (Å²) in [6, 6.07) is 9.99. The number of benzene rings is 2. The third-order valence-corrected chi connectivity index (χ3v) is 5.58. The lowest BCUT2D eigenvalue weighted by molar-refractivity contribution is -0.134. The molecular weight excluding hydrogens is 379 g/mol. The third-order valence-electron chi connectivity index (χ3n) is 5.35. The zero-order valence-corrected chi connectivity index (χ0v) is 16.7. The van der Waals surface area contributed by atoms with E-state index in [-0.39, 0.29) is 24.1 Å². The summed E-state index contributed by atoms with van der Waals surface area (Å²) in [6.07, 6.45) is 2.62. The monoisotopic (exact) mass is 402 g/mol. The van der Waals surface area contributed by atoms with Crippen molar-refractivity contribution in [2.24, 2.45) is 11.7 Å². The van der Waals surface area contributed by atoms with E-state index in [1.165, 1.54) is 12.1 Å². The van der Waals surface area contributed by atoms with Crippen molar-refractivity contribution in [2.75, 3.05) is 6.54 Å². The second-order valence-electron chi connectivity index (χ2n) is 7.23. The molecule has 0 saturated heterocycles. The molecule has 1 amide bonds. The van der Waals surface area contributed by atoms with Crippen molar-refractivity contribution in [2.45, 2.75) is 32.4 Å². The van der Waals surface area contributed by atoms with Crippen molar-refractivity contribution >= 4 is 23.1 Å². The van der Waals surface area contributed by atoms with Gasteiger partial charge in [0.25, 0.3) is 0 Å². The van der Waals surface area contributed by atoms with Crippen molar-refractivity contribution in [1.29, 1.82) is 0 Å². The first kappa shape index (κ1) is 20.4. The highest BCUT2D eigenvalue weighted by atomic mass is 35.5. The van der Waals surface area contributed by atoms with E-state index >= 15 is 0 Å². The number of rotatable bonds is 5. The molecular formula is C22H24ClFN2O2. The number of nitrogens with two attached hydrogens (primary N) is 1. The lowest BCUT2D eigenvalue weighted by Crippen LogP contribution is -2.47. The molecule has 4 nitrogen and oxygen atoms in total. The van der Waals surface area contributed by atoms with Gasteiger partial charge in [0, 0.05) is 17.1 Å². The normalized spacial score (nSPS) is 18.7. The highest BCUT2D eigenvalue weighted by Gasteiger charge is 2.35. The molecule has 6 heteroatoms. The summed E-state index contributed by atoms with van der Waals surface area (Å²) < 4.78 is 14.4.